The molecular formula is C22H25NO4. The van der Waals surface area contributed by atoms with Crippen molar-refractivity contribution >= 4 is 17.7 Å². The molecule has 2 aromatic rings. The number of rotatable bonds is 8. The third-order valence-corrected chi connectivity index (χ3v) is 4.00. The third-order valence-electron chi connectivity index (χ3n) is 4.00. The van der Waals surface area contributed by atoms with Crippen molar-refractivity contribution in [2.45, 2.75) is 13.3 Å². The Kier molecular flexibility index (Phi) is 7.49. The summed E-state index contributed by atoms with van der Waals surface area (Å²) in [6.45, 7) is 2.04. The number of hydrogen-bond donors (Lipinski definition) is 1. The molecular weight excluding hydrogens is 342 g/mol. The molecule has 1 N–H and O–H groups in total. The molecule has 0 bridgehead atoms. The van der Waals surface area contributed by atoms with Crippen LogP contribution >= 0.6 is 0 Å². The summed E-state index contributed by atoms with van der Waals surface area (Å²) < 4.78 is 15.7. The predicted octanol–water partition coefficient (Wildman–Crippen LogP) is 4.70. The summed E-state index contributed by atoms with van der Waals surface area (Å²) in [6.07, 6.45) is 6.11. The summed E-state index contributed by atoms with van der Waals surface area (Å²) in [4.78, 5) is 12.1. The van der Waals surface area contributed by atoms with E-state index >= 15 is 0 Å². The Morgan fingerprint density at radius 1 is 0.926 bits per heavy atom. The number of amides is 1. The average Bonchev–Trinajstić information content (AvgIpc) is 2.71. The lowest BCUT2D eigenvalue weighted by Gasteiger charge is -2.08. The van der Waals surface area contributed by atoms with E-state index < -0.39 is 0 Å². The molecule has 0 spiro atoms. The monoisotopic (exact) mass is 367 g/mol. The number of hydrogen-bond acceptors (Lipinski definition) is 4. The minimum Gasteiger partial charge on any atom is -0.497 e. The number of methoxy groups -OCH3 is 3. The first-order valence-electron chi connectivity index (χ1n) is 8.65. The lowest BCUT2D eigenvalue weighted by molar-refractivity contribution is -0.111. The molecule has 0 aliphatic rings. The lowest BCUT2D eigenvalue weighted by atomic mass is 10.1. The third kappa shape index (κ3) is 5.92. The molecule has 0 aliphatic heterocycles. The molecule has 0 aromatic heterocycles. The molecule has 0 atom stereocenters. The van der Waals surface area contributed by atoms with Crippen LogP contribution in [-0.2, 0) is 4.79 Å². The van der Waals surface area contributed by atoms with Gasteiger partial charge in [0.25, 0.3) is 0 Å². The molecule has 0 unspecified atom stereocenters. The molecule has 1 amide bonds. The first kappa shape index (κ1) is 20.1. The van der Waals surface area contributed by atoms with E-state index in [4.69, 9.17) is 14.2 Å². The summed E-state index contributed by atoms with van der Waals surface area (Å²) in [5, 5.41) is 2.82. The maximum absolute atomic E-state index is 12.1. The van der Waals surface area contributed by atoms with Gasteiger partial charge in [0.2, 0.25) is 5.91 Å². The van der Waals surface area contributed by atoms with Crippen molar-refractivity contribution < 1.29 is 19.0 Å². The Bertz CT molecular complexity index is 823. The number of anilines is 1. The SMILES string of the molecule is CCC(/C=C/C(=O)Nc1ccc(OC)cc1)=C\c1ccc(OC)cc1OC. The fourth-order valence-electron chi connectivity index (χ4n) is 2.45. The van der Waals surface area contributed by atoms with Gasteiger partial charge >= 0.3 is 0 Å². The van der Waals surface area contributed by atoms with Gasteiger partial charge < -0.3 is 19.5 Å². The quantitative estimate of drug-likeness (QED) is 0.543. The number of benzene rings is 2. The molecule has 2 rings (SSSR count). The minimum absolute atomic E-state index is 0.193. The van der Waals surface area contributed by atoms with E-state index in [9.17, 15) is 4.79 Å². The van der Waals surface area contributed by atoms with Crippen molar-refractivity contribution in [1.82, 2.24) is 0 Å². The van der Waals surface area contributed by atoms with Gasteiger partial charge in [0.1, 0.15) is 17.2 Å². The largest absolute Gasteiger partial charge is 0.497 e. The smallest absolute Gasteiger partial charge is 0.248 e. The summed E-state index contributed by atoms with van der Waals surface area (Å²) in [5.74, 6) is 2.00. The zero-order valence-corrected chi connectivity index (χ0v) is 16.1. The van der Waals surface area contributed by atoms with Crippen LogP contribution in [0.25, 0.3) is 6.08 Å². The molecule has 0 fully saturated rings. The number of nitrogens with one attached hydrogen (secondary N) is 1. The van der Waals surface area contributed by atoms with Gasteiger partial charge in [-0.1, -0.05) is 13.0 Å². The fraction of sp³-hybridized carbons (Fsp3) is 0.227. The first-order chi connectivity index (χ1) is 13.1. The van der Waals surface area contributed by atoms with Crippen LogP contribution < -0.4 is 19.5 Å². The van der Waals surface area contributed by atoms with Crippen molar-refractivity contribution in [3.63, 3.8) is 0 Å². The first-order valence-corrected chi connectivity index (χ1v) is 8.65. The summed E-state index contributed by atoms with van der Waals surface area (Å²) in [5.41, 5.74) is 2.64. The van der Waals surface area contributed by atoms with Crippen molar-refractivity contribution in [3.8, 4) is 17.2 Å². The summed E-state index contributed by atoms with van der Waals surface area (Å²) >= 11 is 0. The van der Waals surface area contributed by atoms with E-state index in [1.807, 2.05) is 37.3 Å². The second-order valence-electron chi connectivity index (χ2n) is 5.73. The maximum Gasteiger partial charge on any atom is 0.248 e. The van der Waals surface area contributed by atoms with Crippen LogP contribution in [0.3, 0.4) is 0 Å². The van der Waals surface area contributed by atoms with Crippen LogP contribution in [0.2, 0.25) is 0 Å². The number of carbonyl (C=O) groups is 1. The van der Waals surface area contributed by atoms with Gasteiger partial charge in [0.15, 0.2) is 0 Å². The fourth-order valence-corrected chi connectivity index (χ4v) is 2.45. The molecule has 0 heterocycles. The van der Waals surface area contributed by atoms with Crippen molar-refractivity contribution in [2.24, 2.45) is 0 Å². The average molecular weight is 367 g/mol. The normalized spacial score (nSPS) is 11.3. The molecule has 0 aliphatic carbocycles. The summed E-state index contributed by atoms with van der Waals surface area (Å²) in [7, 11) is 4.84. The van der Waals surface area contributed by atoms with Crippen LogP contribution in [0.15, 0.2) is 60.2 Å². The molecule has 5 heteroatoms. The second kappa shape index (κ2) is 10.1. The molecule has 5 nitrogen and oxygen atoms in total. The Balaban J connectivity index is 2.10. The van der Waals surface area contributed by atoms with Gasteiger partial charge in [0.05, 0.1) is 21.3 Å². The van der Waals surface area contributed by atoms with Crippen LogP contribution in [0, 0.1) is 0 Å². The zero-order valence-electron chi connectivity index (χ0n) is 16.1. The van der Waals surface area contributed by atoms with E-state index in [0.717, 1.165) is 34.8 Å². The number of carbonyl (C=O) groups excluding carboxylic acids is 1. The topological polar surface area (TPSA) is 56.8 Å². The Morgan fingerprint density at radius 3 is 2.19 bits per heavy atom. The van der Waals surface area contributed by atoms with Crippen molar-refractivity contribution in [2.75, 3.05) is 26.6 Å². The van der Waals surface area contributed by atoms with E-state index in [1.54, 1.807) is 45.6 Å². The zero-order chi connectivity index (χ0) is 19.6. The Morgan fingerprint density at radius 2 is 1.59 bits per heavy atom. The number of allylic oxidation sites excluding steroid dienone is 2. The molecule has 27 heavy (non-hydrogen) atoms. The van der Waals surface area contributed by atoms with Crippen molar-refractivity contribution in [1.29, 1.82) is 0 Å². The van der Waals surface area contributed by atoms with Crippen molar-refractivity contribution in [3.05, 3.63) is 65.8 Å². The van der Waals surface area contributed by atoms with E-state index in [0.29, 0.717) is 5.69 Å². The van der Waals surface area contributed by atoms with E-state index in [2.05, 4.69) is 5.32 Å². The van der Waals surface area contributed by atoms with Gasteiger partial charge in [-0.05, 0) is 54.5 Å². The lowest BCUT2D eigenvalue weighted by Crippen LogP contribution is -2.07. The van der Waals surface area contributed by atoms with Gasteiger partial charge in [-0.15, -0.1) is 0 Å². The standard InChI is InChI=1S/C22H25NO4/c1-5-16(14-17-7-10-20(26-3)15-21(17)27-4)6-13-22(24)23-18-8-11-19(25-2)12-9-18/h6-15H,5H2,1-4H3,(H,23,24)/b13-6+,16-14+. The highest BCUT2D eigenvalue weighted by Gasteiger charge is 2.04. The molecule has 0 saturated heterocycles. The van der Waals surface area contributed by atoms with Crippen LogP contribution in [0.4, 0.5) is 5.69 Å². The minimum atomic E-state index is -0.193. The maximum atomic E-state index is 12.1. The molecule has 142 valence electrons. The highest BCUT2D eigenvalue weighted by atomic mass is 16.5. The van der Waals surface area contributed by atoms with Gasteiger partial charge in [-0.25, -0.2) is 0 Å². The highest BCUT2D eigenvalue weighted by molar-refractivity contribution is 5.99. The van der Waals surface area contributed by atoms with Gasteiger partial charge in [0, 0.05) is 23.4 Å². The Labute approximate surface area is 160 Å². The second-order valence-corrected chi connectivity index (χ2v) is 5.73. The van der Waals surface area contributed by atoms with Crippen LogP contribution in [-0.4, -0.2) is 27.2 Å². The highest BCUT2D eigenvalue weighted by Crippen LogP contribution is 2.27. The van der Waals surface area contributed by atoms with Gasteiger partial charge in [-0.3, -0.25) is 4.79 Å². The Hall–Kier alpha value is -3.21. The molecule has 2 aromatic carbocycles. The van der Waals surface area contributed by atoms with Crippen LogP contribution in [0.1, 0.15) is 18.9 Å². The molecule has 0 radical (unpaired) electrons. The number of ether oxygens (including phenoxy) is 3. The van der Waals surface area contributed by atoms with Gasteiger partial charge in [-0.2, -0.15) is 0 Å². The van der Waals surface area contributed by atoms with Crippen LogP contribution in [0.5, 0.6) is 17.2 Å². The summed E-state index contributed by atoms with van der Waals surface area (Å²) in [6, 6.07) is 12.8. The van der Waals surface area contributed by atoms with E-state index in [-0.39, 0.29) is 5.91 Å². The molecule has 0 saturated carbocycles. The predicted molar refractivity (Wildman–Crippen MR) is 109 cm³/mol. The van der Waals surface area contributed by atoms with E-state index in [1.165, 1.54) is 6.08 Å².